The van der Waals surface area contributed by atoms with Crippen LogP contribution in [0, 0.1) is 17.2 Å². The Balaban J connectivity index is 2.80. The number of hydrogen-bond acceptors (Lipinski definition) is 4. The molecule has 1 heterocycles. The maximum Gasteiger partial charge on any atom is 0.411 e. The number of ether oxygens (including phenoxy) is 1. The van der Waals surface area contributed by atoms with Crippen LogP contribution in [0.4, 0.5) is 4.79 Å². The van der Waals surface area contributed by atoms with Gasteiger partial charge in [0, 0.05) is 18.9 Å². The van der Waals surface area contributed by atoms with Crippen LogP contribution < -0.4 is 0 Å². The molecule has 1 rings (SSSR count). The average molecular weight is 254 g/mol. The lowest BCUT2D eigenvalue weighted by Gasteiger charge is -2.27. The number of likely N-dealkylation sites (tertiary alicyclic amines) is 1. The molecule has 0 unspecified atom stereocenters. The first kappa shape index (κ1) is 14.3. The highest BCUT2D eigenvalue weighted by molar-refractivity contribution is 5.81. The number of hydrogen-bond donors (Lipinski definition) is 1. The van der Waals surface area contributed by atoms with E-state index in [9.17, 15) is 9.59 Å². The Bertz CT molecular complexity index is 381. The highest BCUT2D eigenvalue weighted by atomic mass is 16.6. The SMILES string of the molecule is CC(C)(C)OC(=O)N1CC[C@@H](CC#N)[C@H]1C(=O)O. The van der Waals surface area contributed by atoms with Crippen molar-refractivity contribution in [2.75, 3.05) is 6.54 Å². The zero-order valence-corrected chi connectivity index (χ0v) is 10.8. The third kappa shape index (κ3) is 3.36. The second kappa shape index (κ2) is 5.25. The Morgan fingerprint density at radius 3 is 2.56 bits per heavy atom. The summed E-state index contributed by atoms with van der Waals surface area (Å²) in [5, 5.41) is 17.8. The van der Waals surface area contributed by atoms with E-state index in [0.717, 1.165) is 0 Å². The molecule has 6 heteroatoms. The first-order chi connectivity index (χ1) is 8.26. The fourth-order valence-corrected chi connectivity index (χ4v) is 2.05. The molecule has 1 aliphatic heterocycles. The van der Waals surface area contributed by atoms with Gasteiger partial charge in [-0.05, 0) is 27.2 Å². The predicted octanol–water partition coefficient (Wildman–Crippen LogP) is 1.61. The number of nitriles is 1. The Morgan fingerprint density at radius 1 is 1.50 bits per heavy atom. The van der Waals surface area contributed by atoms with E-state index >= 15 is 0 Å². The van der Waals surface area contributed by atoms with E-state index in [0.29, 0.717) is 13.0 Å². The van der Waals surface area contributed by atoms with Gasteiger partial charge in [0.05, 0.1) is 6.07 Å². The monoisotopic (exact) mass is 254 g/mol. The fraction of sp³-hybridized carbons (Fsp3) is 0.750. The Kier molecular flexibility index (Phi) is 4.17. The molecule has 1 aliphatic rings. The molecule has 0 aliphatic carbocycles. The molecule has 1 amide bonds. The second-order valence-corrected chi connectivity index (χ2v) is 5.37. The molecule has 1 N–H and O–H groups in total. The van der Waals surface area contributed by atoms with Crippen molar-refractivity contribution in [3.05, 3.63) is 0 Å². The number of nitrogens with zero attached hydrogens (tertiary/aromatic N) is 2. The molecule has 0 aromatic carbocycles. The van der Waals surface area contributed by atoms with Crippen molar-refractivity contribution in [2.45, 2.75) is 45.3 Å². The van der Waals surface area contributed by atoms with Crippen LogP contribution in [0.3, 0.4) is 0 Å². The van der Waals surface area contributed by atoms with Gasteiger partial charge in [-0.2, -0.15) is 5.26 Å². The molecule has 0 bridgehead atoms. The van der Waals surface area contributed by atoms with Gasteiger partial charge in [-0.1, -0.05) is 0 Å². The van der Waals surface area contributed by atoms with Gasteiger partial charge in [0.1, 0.15) is 11.6 Å². The first-order valence-corrected chi connectivity index (χ1v) is 5.85. The zero-order chi connectivity index (χ0) is 13.9. The lowest BCUT2D eigenvalue weighted by Crippen LogP contribution is -2.45. The molecule has 0 aromatic heterocycles. The van der Waals surface area contributed by atoms with E-state index in [2.05, 4.69) is 0 Å². The van der Waals surface area contributed by atoms with Crippen molar-refractivity contribution < 1.29 is 19.4 Å². The summed E-state index contributed by atoms with van der Waals surface area (Å²) >= 11 is 0. The van der Waals surface area contributed by atoms with Crippen molar-refractivity contribution in [3.8, 4) is 6.07 Å². The molecule has 0 saturated carbocycles. The highest BCUT2D eigenvalue weighted by Gasteiger charge is 2.43. The summed E-state index contributed by atoms with van der Waals surface area (Å²) in [4.78, 5) is 24.3. The summed E-state index contributed by atoms with van der Waals surface area (Å²) in [6, 6.07) is 1.00. The second-order valence-electron chi connectivity index (χ2n) is 5.37. The molecule has 0 radical (unpaired) electrons. The number of aliphatic carboxylic acids is 1. The third-order valence-electron chi connectivity index (χ3n) is 2.76. The summed E-state index contributed by atoms with van der Waals surface area (Å²) in [7, 11) is 0. The first-order valence-electron chi connectivity index (χ1n) is 5.85. The number of carboxylic acid groups (broad SMARTS) is 1. The Labute approximate surface area is 106 Å². The van der Waals surface area contributed by atoms with Crippen molar-refractivity contribution in [1.82, 2.24) is 4.90 Å². The van der Waals surface area contributed by atoms with Crippen molar-refractivity contribution in [3.63, 3.8) is 0 Å². The molecular formula is C12H18N2O4. The van der Waals surface area contributed by atoms with Gasteiger partial charge in [0.15, 0.2) is 0 Å². The van der Waals surface area contributed by atoms with E-state index in [4.69, 9.17) is 15.1 Å². The normalized spacial score (nSPS) is 23.6. The van der Waals surface area contributed by atoms with E-state index in [-0.39, 0.29) is 12.3 Å². The van der Waals surface area contributed by atoms with E-state index in [1.165, 1.54) is 4.90 Å². The molecule has 100 valence electrons. The van der Waals surface area contributed by atoms with Gasteiger partial charge in [-0.15, -0.1) is 0 Å². The Morgan fingerprint density at radius 2 is 2.11 bits per heavy atom. The molecule has 1 saturated heterocycles. The molecule has 0 spiro atoms. The number of rotatable bonds is 2. The lowest BCUT2D eigenvalue weighted by atomic mass is 9.97. The van der Waals surface area contributed by atoms with Gasteiger partial charge in [-0.3, -0.25) is 4.90 Å². The third-order valence-corrected chi connectivity index (χ3v) is 2.76. The van der Waals surface area contributed by atoms with Gasteiger partial charge < -0.3 is 9.84 Å². The standard InChI is InChI=1S/C12H18N2O4/c1-12(2,3)18-11(17)14-7-5-8(4-6-13)9(14)10(15)16/h8-9H,4-5,7H2,1-3H3,(H,15,16)/t8-,9+/m1/s1. The molecule has 18 heavy (non-hydrogen) atoms. The van der Waals surface area contributed by atoms with Crippen molar-refractivity contribution in [1.29, 1.82) is 5.26 Å². The van der Waals surface area contributed by atoms with Gasteiger partial charge in [-0.25, -0.2) is 9.59 Å². The van der Waals surface area contributed by atoms with Crippen LogP contribution in [-0.2, 0) is 9.53 Å². The van der Waals surface area contributed by atoms with E-state index in [1.807, 2.05) is 6.07 Å². The smallest absolute Gasteiger partial charge is 0.411 e. The zero-order valence-electron chi connectivity index (χ0n) is 10.8. The van der Waals surface area contributed by atoms with Crippen LogP contribution >= 0.6 is 0 Å². The minimum Gasteiger partial charge on any atom is -0.480 e. The van der Waals surface area contributed by atoms with Crippen molar-refractivity contribution >= 4 is 12.1 Å². The average Bonchev–Trinajstić information content (AvgIpc) is 2.59. The molecule has 1 fully saturated rings. The lowest BCUT2D eigenvalue weighted by molar-refractivity contribution is -0.143. The largest absolute Gasteiger partial charge is 0.480 e. The summed E-state index contributed by atoms with van der Waals surface area (Å²) < 4.78 is 5.17. The molecular weight excluding hydrogens is 236 g/mol. The van der Waals surface area contributed by atoms with Crippen molar-refractivity contribution in [2.24, 2.45) is 5.92 Å². The summed E-state index contributed by atoms with van der Waals surface area (Å²) in [6.45, 7) is 5.49. The van der Waals surface area contributed by atoms with Crippen LogP contribution in [0.5, 0.6) is 0 Å². The fourth-order valence-electron chi connectivity index (χ4n) is 2.05. The van der Waals surface area contributed by atoms with E-state index < -0.39 is 23.7 Å². The molecule has 6 nitrogen and oxygen atoms in total. The summed E-state index contributed by atoms with van der Waals surface area (Å²) in [5.74, 6) is -1.40. The number of carbonyl (C=O) groups is 2. The minimum atomic E-state index is -1.08. The van der Waals surface area contributed by atoms with Crippen LogP contribution in [0.2, 0.25) is 0 Å². The molecule has 0 aromatic rings. The topological polar surface area (TPSA) is 90.6 Å². The van der Waals surface area contributed by atoms with E-state index in [1.54, 1.807) is 20.8 Å². The summed E-state index contributed by atoms with van der Waals surface area (Å²) in [6.07, 6.45) is 0.0235. The van der Waals surface area contributed by atoms with Crippen LogP contribution in [0.1, 0.15) is 33.6 Å². The van der Waals surface area contributed by atoms with Gasteiger partial charge in [0.2, 0.25) is 0 Å². The maximum atomic E-state index is 11.9. The summed E-state index contributed by atoms with van der Waals surface area (Å²) in [5.41, 5.74) is -0.659. The van der Waals surface area contributed by atoms with Crippen LogP contribution in [0.25, 0.3) is 0 Å². The predicted molar refractivity (Wildman–Crippen MR) is 62.7 cm³/mol. The number of amides is 1. The molecule has 2 atom stereocenters. The number of carbonyl (C=O) groups excluding carboxylic acids is 1. The highest BCUT2D eigenvalue weighted by Crippen LogP contribution is 2.28. The van der Waals surface area contributed by atoms with Crippen LogP contribution in [-0.4, -0.2) is 40.3 Å². The van der Waals surface area contributed by atoms with Gasteiger partial charge >= 0.3 is 12.1 Å². The number of carboxylic acids is 1. The maximum absolute atomic E-state index is 11.9. The minimum absolute atomic E-state index is 0.135. The van der Waals surface area contributed by atoms with Gasteiger partial charge in [0.25, 0.3) is 0 Å². The Hall–Kier alpha value is -1.77. The quantitative estimate of drug-likeness (QED) is 0.808. The van der Waals surface area contributed by atoms with Crippen LogP contribution in [0.15, 0.2) is 0 Å².